The molecule has 2 aromatic carbocycles. The molecule has 0 aliphatic rings. The van der Waals surface area contributed by atoms with E-state index in [4.69, 9.17) is 11.6 Å². The van der Waals surface area contributed by atoms with Crippen LogP contribution in [0.1, 0.15) is 45.2 Å². The fourth-order valence-corrected chi connectivity index (χ4v) is 4.72. The van der Waals surface area contributed by atoms with E-state index in [0.717, 1.165) is 21.7 Å². The van der Waals surface area contributed by atoms with Crippen LogP contribution >= 0.6 is 11.6 Å². The molecule has 0 bridgehead atoms. The van der Waals surface area contributed by atoms with Gasteiger partial charge in [0.2, 0.25) is 21.8 Å². The van der Waals surface area contributed by atoms with E-state index in [1.807, 2.05) is 65.0 Å². The van der Waals surface area contributed by atoms with E-state index >= 15 is 0 Å². The van der Waals surface area contributed by atoms with Gasteiger partial charge in [0.1, 0.15) is 12.6 Å². The van der Waals surface area contributed by atoms with Crippen molar-refractivity contribution in [2.24, 2.45) is 0 Å². The number of anilines is 1. The lowest BCUT2D eigenvalue weighted by Crippen LogP contribution is -2.56. The van der Waals surface area contributed by atoms with E-state index < -0.39 is 34.1 Å². The summed E-state index contributed by atoms with van der Waals surface area (Å²) in [5.41, 5.74) is 1.63. The maximum absolute atomic E-state index is 13.6. The molecular formula is C26H36ClN3O4S. The van der Waals surface area contributed by atoms with Gasteiger partial charge in [-0.2, -0.15) is 0 Å². The molecular weight excluding hydrogens is 486 g/mol. The van der Waals surface area contributed by atoms with Crippen LogP contribution in [0.5, 0.6) is 0 Å². The molecule has 0 aromatic heterocycles. The van der Waals surface area contributed by atoms with Crippen LogP contribution in [-0.2, 0) is 26.0 Å². The monoisotopic (exact) mass is 521 g/mol. The molecule has 2 aromatic rings. The Morgan fingerprint density at radius 3 is 2.23 bits per heavy atom. The van der Waals surface area contributed by atoms with Crippen LogP contribution in [0.4, 0.5) is 5.69 Å². The number of hydrogen-bond donors (Lipinski definition) is 1. The molecule has 2 rings (SSSR count). The number of sulfonamides is 1. The number of nitrogens with one attached hydrogen (secondary N) is 1. The van der Waals surface area contributed by atoms with Gasteiger partial charge in [0.25, 0.3) is 0 Å². The Kier molecular flexibility index (Phi) is 9.75. The van der Waals surface area contributed by atoms with Gasteiger partial charge >= 0.3 is 0 Å². The van der Waals surface area contributed by atoms with Gasteiger partial charge in [0, 0.05) is 17.1 Å². The molecule has 9 heteroatoms. The quantitative estimate of drug-likeness (QED) is 0.508. The summed E-state index contributed by atoms with van der Waals surface area (Å²) in [6.07, 6.45) is 1.96. The topological polar surface area (TPSA) is 86.8 Å². The zero-order chi connectivity index (χ0) is 26.4. The molecule has 0 unspecified atom stereocenters. The third-order valence-corrected chi connectivity index (χ3v) is 7.04. The van der Waals surface area contributed by atoms with Crippen LogP contribution in [0.3, 0.4) is 0 Å². The van der Waals surface area contributed by atoms with Crippen molar-refractivity contribution < 1.29 is 18.0 Å². The van der Waals surface area contributed by atoms with E-state index in [2.05, 4.69) is 5.32 Å². The molecule has 192 valence electrons. The van der Waals surface area contributed by atoms with Crippen molar-refractivity contribution >= 4 is 39.1 Å². The summed E-state index contributed by atoms with van der Waals surface area (Å²) >= 11 is 6.23. The molecule has 2 amide bonds. The van der Waals surface area contributed by atoms with Gasteiger partial charge in [0.15, 0.2) is 0 Å². The second kappa shape index (κ2) is 11.9. The second-order valence-corrected chi connectivity index (χ2v) is 12.0. The van der Waals surface area contributed by atoms with Gasteiger partial charge in [-0.3, -0.25) is 13.9 Å². The van der Waals surface area contributed by atoms with Crippen molar-refractivity contribution in [2.45, 2.75) is 59.0 Å². The third-order valence-electron chi connectivity index (χ3n) is 5.49. The first kappa shape index (κ1) is 28.7. The Labute approximate surface area is 214 Å². The van der Waals surface area contributed by atoms with Crippen LogP contribution in [0, 0.1) is 6.92 Å². The normalized spacial score (nSPS) is 12.7. The molecule has 0 saturated carbocycles. The first-order chi connectivity index (χ1) is 16.2. The zero-order valence-electron chi connectivity index (χ0n) is 21.3. The predicted octanol–water partition coefficient (Wildman–Crippen LogP) is 4.18. The highest BCUT2D eigenvalue weighted by Gasteiger charge is 2.32. The van der Waals surface area contributed by atoms with E-state index in [9.17, 15) is 18.0 Å². The maximum atomic E-state index is 13.6. The predicted molar refractivity (Wildman–Crippen MR) is 142 cm³/mol. The first-order valence-electron chi connectivity index (χ1n) is 11.6. The first-order valence-corrected chi connectivity index (χ1v) is 13.8. The lowest BCUT2D eigenvalue weighted by Gasteiger charge is -2.34. The number of benzene rings is 2. The van der Waals surface area contributed by atoms with Crippen LogP contribution < -0.4 is 9.62 Å². The number of rotatable bonds is 10. The molecule has 35 heavy (non-hydrogen) atoms. The smallest absolute Gasteiger partial charge is 0.244 e. The number of nitrogens with zero attached hydrogens (tertiary/aromatic N) is 2. The highest BCUT2D eigenvalue weighted by molar-refractivity contribution is 7.92. The molecule has 0 heterocycles. The standard InChI is InChI=1S/C26H36ClN3O4S/c1-7-23(25(32)28-26(3,4)5)29(16-15-20-11-9-8-10-12-20)24(31)18-30(35(6,33)34)21-14-13-19(2)22(27)17-21/h8-14,17,23H,7,15-16,18H2,1-6H3,(H,28,32)/t23-/m1/s1. The summed E-state index contributed by atoms with van der Waals surface area (Å²) in [5.74, 6) is -0.732. The molecule has 0 spiro atoms. The number of halogens is 1. The van der Waals surface area contributed by atoms with Crippen LogP contribution in [0.25, 0.3) is 0 Å². The average molecular weight is 522 g/mol. The van der Waals surface area contributed by atoms with Gasteiger partial charge in [0.05, 0.1) is 11.9 Å². The van der Waals surface area contributed by atoms with E-state index in [1.54, 1.807) is 12.1 Å². The van der Waals surface area contributed by atoms with Crippen LogP contribution in [0.2, 0.25) is 5.02 Å². The summed E-state index contributed by atoms with van der Waals surface area (Å²) in [6.45, 7) is 9.11. The highest BCUT2D eigenvalue weighted by Crippen LogP contribution is 2.25. The molecule has 7 nitrogen and oxygen atoms in total. The Bertz CT molecular complexity index is 1130. The van der Waals surface area contributed by atoms with Crippen molar-refractivity contribution in [2.75, 3.05) is 23.7 Å². The Morgan fingerprint density at radius 1 is 1.09 bits per heavy atom. The number of aryl methyl sites for hydroxylation is 1. The van der Waals surface area contributed by atoms with E-state index in [1.165, 1.54) is 11.0 Å². The number of hydrogen-bond acceptors (Lipinski definition) is 4. The lowest BCUT2D eigenvalue weighted by atomic mass is 10.1. The molecule has 1 atom stereocenters. The van der Waals surface area contributed by atoms with Gasteiger partial charge in [-0.1, -0.05) is 54.9 Å². The van der Waals surface area contributed by atoms with E-state index in [-0.39, 0.29) is 12.5 Å². The third kappa shape index (κ3) is 8.54. The number of amides is 2. The van der Waals surface area contributed by atoms with Crippen molar-refractivity contribution in [3.8, 4) is 0 Å². The minimum Gasteiger partial charge on any atom is -0.350 e. The van der Waals surface area contributed by atoms with Crippen LogP contribution in [-0.4, -0.2) is 56.1 Å². The molecule has 0 aliphatic heterocycles. The Balaban J connectivity index is 2.40. The Morgan fingerprint density at radius 2 is 1.71 bits per heavy atom. The Hall–Kier alpha value is -2.58. The van der Waals surface area contributed by atoms with Crippen molar-refractivity contribution in [1.29, 1.82) is 0 Å². The van der Waals surface area contributed by atoms with Gasteiger partial charge in [-0.15, -0.1) is 0 Å². The minimum atomic E-state index is -3.80. The number of carbonyl (C=O) groups excluding carboxylic acids is 2. The van der Waals surface area contributed by atoms with Crippen molar-refractivity contribution in [1.82, 2.24) is 10.2 Å². The summed E-state index contributed by atoms with van der Waals surface area (Å²) < 4.78 is 26.4. The number of carbonyl (C=O) groups is 2. The SMILES string of the molecule is CC[C@H](C(=O)NC(C)(C)C)N(CCc1ccccc1)C(=O)CN(c1ccc(C)c(Cl)c1)S(C)(=O)=O. The fraction of sp³-hybridized carbons (Fsp3) is 0.462. The molecule has 0 saturated heterocycles. The molecule has 1 N–H and O–H groups in total. The summed E-state index contributed by atoms with van der Waals surface area (Å²) in [5, 5.41) is 3.35. The second-order valence-electron chi connectivity index (χ2n) is 9.69. The average Bonchev–Trinajstić information content (AvgIpc) is 2.75. The fourth-order valence-electron chi connectivity index (χ4n) is 3.70. The van der Waals surface area contributed by atoms with Crippen molar-refractivity contribution in [3.05, 3.63) is 64.7 Å². The summed E-state index contributed by atoms with van der Waals surface area (Å²) in [7, 11) is -3.80. The largest absolute Gasteiger partial charge is 0.350 e. The molecule has 0 aliphatic carbocycles. The summed E-state index contributed by atoms with van der Waals surface area (Å²) in [4.78, 5) is 28.2. The zero-order valence-corrected chi connectivity index (χ0v) is 22.9. The summed E-state index contributed by atoms with van der Waals surface area (Å²) in [6, 6.07) is 13.8. The van der Waals surface area contributed by atoms with Gasteiger partial charge in [-0.05, 0) is 63.8 Å². The highest BCUT2D eigenvalue weighted by atomic mass is 35.5. The maximum Gasteiger partial charge on any atom is 0.244 e. The van der Waals surface area contributed by atoms with Crippen molar-refractivity contribution in [3.63, 3.8) is 0 Å². The van der Waals surface area contributed by atoms with Crippen LogP contribution in [0.15, 0.2) is 48.5 Å². The van der Waals surface area contributed by atoms with Gasteiger partial charge in [-0.25, -0.2) is 8.42 Å². The molecule has 0 radical (unpaired) electrons. The van der Waals surface area contributed by atoms with Gasteiger partial charge < -0.3 is 10.2 Å². The van der Waals surface area contributed by atoms with E-state index in [0.29, 0.717) is 23.6 Å². The lowest BCUT2D eigenvalue weighted by molar-refractivity contribution is -0.140. The minimum absolute atomic E-state index is 0.269. The molecule has 0 fully saturated rings.